The van der Waals surface area contributed by atoms with Crippen LogP contribution in [-0.2, 0) is 14.9 Å². The van der Waals surface area contributed by atoms with Crippen molar-refractivity contribution < 1.29 is 17.8 Å². The van der Waals surface area contributed by atoms with Crippen LogP contribution in [0, 0.1) is 0 Å². The van der Waals surface area contributed by atoms with E-state index in [1.165, 1.54) is 12.1 Å². The van der Waals surface area contributed by atoms with Gasteiger partial charge in [-0.2, -0.15) is 8.42 Å². The van der Waals surface area contributed by atoms with E-state index in [-0.39, 0.29) is 4.90 Å². The highest BCUT2D eigenvalue weighted by molar-refractivity contribution is 7.85. The summed E-state index contributed by atoms with van der Waals surface area (Å²) >= 11 is 0. The first-order chi connectivity index (χ1) is 8.00. The van der Waals surface area contributed by atoms with Crippen LogP contribution < -0.4 is 5.32 Å². The van der Waals surface area contributed by atoms with Crippen LogP contribution >= 0.6 is 0 Å². The average Bonchev–Trinajstić information content (AvgIpc) is 2.31. The van der Waals surface area contributed by atoms with Gasteiger partial charge in [-0.15, -0.1) is 0 Å². The minimum absolute atomic E-state index is 0.0741. The summed E-state index contributed by atoms with van der Waals surface area (Å²) in [6.07, 6.45) is 1.47. The molecule has 1 aromatic rings. The summed E-state index contributed by atoms with van der Waals surface area (Å²) in [6, 6.07) is 7.42. The molecule has 1 heterocycles. The maximum atomic E-state index is 10.4. The van der Waals surface area contributed by atoms with E-state index in [1.807, 2.05) is 0 Å². The molecule has 0 aliphatic carbocycles. The lowest BCUT2D eigenvalue weighted by atomic mass is 10.1. The van der Waals surface area contributed by atoms with Gasteiger partial charge in [-0.05, 0) is 12.1 Å². The average molecular weight is 257 g/mol. The number of hydrogen-bond acceptors (Lipinski definition) is 4. The highest BCUT2D eigenvalue weighted by atomic mass is 32.2. The van der Waals surface area contributed by atoms with E-state index in [9.17, 15) is 13.2 Å². The van der Waals surface area contributed by atoms with Crippen LogP contribution in [0.15, 0.2) is 35.2 Å². The van der Waals surface area contributed by atoms with E-state index in [0.717, 1.165) is 25.9 Å². The van der Waals surface area contributed by atoms with Gasteiger partial charge in [-0.1, -0.05) is 18.2 Å². The molecule has 0 atom stereocenters. The Hall–Kier alpha value is -1.24. The summed E-state index contributed by atoms with van der Waals surface area (Å²) in [7, 11) is -4.00. The SMILES string of the molecule is O=C1CCNCC1.O=S(=O)(O)c1ccccc1. The molecule has 1 aromatic carbocycles. The maximum absolute atomic E-state index is 10.4. The van der Waals surface area contributed by atoms with E-state index in [1.54, 1.807) is 18.2 Å². The van der Waals surface area contributed by atoms with E-state index >= 15 is 0 Å². The Morgan fingerprint density at radius 2 is 1.59 bits per heavy atom. The number of piperidine rings is 1. The number of rotatable bonds is 1. The van der Waals surface area contributed by atoms with E-state index in [4.69, 9.17) is 4.55 Å². The van der Waals surface area contributed by atoms with Gasteiger partial charge in [0.2, 0.25) is 0 Å². The Bertz CT molecular complexity index is 448. The summed E-state index contributed by atoms with van der Waals surface area (Å²) < 4.78 is 29.2. The maximum Gasteiger partial charge on any atom is 0.294 e. The molecular weight excluding hydrogens is 242 g/mol. The smallest absolute Gasteiger partial charge is 0.294 e. The van der Waals surface area contributed by atoms with Gasteiger partial charge in [0.15, 0.2) is 0 Å². The fourth-order valence-electron chi connectivity index (χ4n) is 1.30. The Kier molecular flexibility index (Phi) is 5.27. The van der Waals surface area contributed by atoms with Gasteiger partial charge in [-0.25, -0.2) is 0 Å². The first-order valence-electron chi connectivity index (χ1n) is 5.25. The standard InChI is InChI=1S/C6H6O3S.C5H9NO/c7-10(8,9)6-4-2-1-3-5-6;7-5-1-3-6-4-2-5/h1-5H,(H,7,8,9);6H,1-4H2. The van der Waals surface area contributed by atoms with Gasteiger partial charge in [0.25, 0.3) is 10.1 Å². The first-order valence-corrected chi connectivity index (χ1v) is 6.69. The third-order valence-corrected chi connectivity index (χ3v) is 3.07. The number of nitrogens with one attached hydrogen (secondary N) is 1. The van der Waals surface area contributed by atoms with Crippen molar-refractivity contribution in [3.63, 3.8) is 0 Å². The van der Waals surface area contributed by atoms with Gasteiger partial charge in [0.05, 0.1) is 4.90 Å². The highest BCUT2D eigenvalue weighted by Gasteiger charge is 2.06. The van der Waals surface area contributed by atoms with Crippen molar-refractivity contribution in [3.05, 3.63) is 30.3 Å². The Labute approximate surface area is 101 Å². The van der Waals surface area contributed by atoms with Crippen LogP contribution in [0.3, 0.4) is 0 Å². The van der Waals surface area contributed by atoms with Crippen molar-refractivity contribution in [2.24, 2.45) is 0 Å². The summed E-state index contributed by atoms with van der Waals surface area (Å²) in [5.41, 5.74) is 0. The third kappa shape index (κ3) is 5.58. The molecule has 2 rings (SSSR count). The molecule has 0 saturated carbocycles. The molecule has 2 N–H and O–H groups in total. The molecule has 17 heavy (non-hydrogen) atoms. The van der Waals surface area contributed by atoms with Crippen molar-refractivity contribution in [1.29, 1.82) is 0 Å². The Balaban J connectivity index is 0.000000181. The van der Waals surface area contributed by atoms with Gasteiger partial charge in [0.1, 0.15) is 5.78 Å². The summed E-state index contributed by atoms with van der Waals surface area (Å²) in [5, 5.41) is 3.09. The number of carbonyl (C=O) groups is 1. The summed E-state index contributed by atoms with van der Waals surface area (Å²) in [6.45, 7) is 1.78. The minimum atomic E-state index is -4.00. The molecular formula is C11H15NO4S. The highest BCUT2D eigenvalue weighted by Crippen LogP contribution is 2.05. The lowest BCUT2D eigenvalue weighted by Crippen LogP contribution is -2.27. The Morgan fingerprint density at radius 3 is 1.88 bits per heavy atom. The van der Waals surface area contributed by atoms with Crippen molar-refractivity contribution in [3.8, 4) is 0 Å². The van der Waals surface area contributed by atoms with Gasteiger partial charge in [-0.3, -0.25) is 9.35 Å². The van der Waals surface area contributed by atoms with Crippen molar-refractivity contribution in [2.75, 3.05) is 13.1 Å². The van der Waals surface area contributed by atoms with Crippen molar-refractivity contribution in [2.45, 2.75) is 17.7 Å². The number of benzene rings is 1. The second kappa shape index (κ2) is 6.48. The lowest BCUT2D eigenvalue weighted by Gasteiger charge is -2.08. The summed E-state index contributed by atoms with van der Waals surface area (Å²) in [4.78, 5) is 10.3. The summed E-state index contributed by atoms with van der Waals surface area (Å²) in [5.74, 6) is 0.402. The van der Waals surface area contributed by atoms with Crippen LogP contribution in [0.4, 0.5) is 0 Å². The zero-order chi connectivity index (χ0) is 12.7. The molecule has 0 unspecified atom stereocenters. The lowest BCUT2D eigenvalue weighted by molar-refractivity contribution is -0.119. The number of ketones is 1. The predicted octanol–water partition coefficient (Wildman–Crippen LogP) is 0.872. The second-order valence-electron chi connectivity index (χ2n) is 3.58. The molecule has 1 fully saturated rings. The first kappa shape index (κ1) is 13.8. The van der Waals surface area contributed by atoms with Gasteiger partial charge >= 0.3 is 0 Å². The fourth-order valence-corrected chi connectivity index (χ4v) is 1.80. The predicted molar refractivity (Wildman–Crippen MR) is 63.4 cm³/mol. The molecule has 0 spiro atoms. The molecule has 1 aliphatic heterocycles. The van der Waals surface area contributed by atoms with Crippen LogP contribution in [-0.4, -0.2) is 31.8 Å². The van der Waals surface area contributed by atoms with Crippen LogP contribution in [0.25, 0.3) is 0 Å². The minimum Gasteiger partial charge on any atom is -0.316 e. The van der Waals surface area contributed by atoms with Gasteiger partial charge in [0, 0.05) is 25.9 Å². The van der Waals surface area contributed by atoms with Crippen LogP contribution in [0.1, 0.15) is 12.8 Å². The second-order valence-corrected chi connectivity index (χ2v) is 5.00. The third-order valence-electron chi connectivity index (χ3n) is 2.20. The van der Waals surface area contributed by atoms with E-state index < -0.39 is 10.1 Å². The quantitative estimate of drug-likeness (QED) is 0.729. The van der Waals surface area contributed by atoms with Crippen molar-refractivity contribution >= 4 is 15.9 Å². The zero-order valence-electron chi connectivity index (χ0n) is 9.30. The number of Topliss-reactive ketones (excluding diaryl/α,β-unsaturated/α-hetero) is 1. The fraction of sp³-hybridized carbons (Fsp3) is 0.364. The molecule has 6 heteroatoms. The Morgan fingerprint density at radius 1 is 1.06 bits per heavy atom. The molecule has 5 nitrogen and oxygen atoms in total. The van der Waals surface area contributed by atoms with E-state index in [2.05, 4.69) is 5.32 Å². The molecule has 0 bridgehead atoms. The monoisotopic (exact) mass is 257 g/mol. The topological polar surface area (TPSA) is 83.5 Å². The van der Waals surface area contributed by atoms with Gasteiger partial charge < -0.3 is 5.32 Å². The largest absolute Gasteiger partial charge is 0.316 e. The zero-order valence-corrected chi connectivity index (χ0v) is 10.1. The molecule has 0 amide bonds. The van der Waals surface area contributed by atoms with E-state index in [0.29, 0.717) is 5.78 Å². The molecule has 1 saturated heterocycles. The van der Waals surface area contributed by atoms with Crippen LogP contribution in [0.2, 0.25) is 0 Å². The number of carbonyl (C=O) groups excluding carboxylic acids is 1. The molecule has 1 aliphatic rings. The molecule has 0 aromatic heterocycles. The van der Waals surface area contributed by atoms with Crippen LogP contribution in [0.5, 0.6) is 0 Å². The number of hydrogen-bond donors (Lipinski definition) is 2. The van der Waals surface area contributed by atoms with Crippen molar-refractivity contribution in [1.82, 2.24) is 5.32 Å². The molecule has 0 radical (unpaired) electrons. The normalized spacial score (nSPS) is 15.9. The molecule has 94 valence electrons.